The molecule has 0 aromatic rings. The van der Waals surface area contributed by atoms with Gasteiger partial charge in [-0.25, -0.2) is 4.79 Å². The quantitative estimate of drug-likeness (QED) is 0.779. The highest BCUT2D eigenvalue weighted by atomic mass is 16.5. The van der Waals surface area contributed by atoms with Crippen LogP contribution >= 0.6 is 0 Å². The largest absolute Gasteiger partial charge is 0.480 e. The number of piperidine rings is 1. The zero-order valence-electron chi connectivity index (χ0n) is 10.1. The molecule has 2 heterocycles. The van der Waals surface area contributed by atoms with E-state index in [1.54, 1.807) is 0 Å². The second-order valence-electron chi connectivity index (χ2n) is 4.96. The van der Waals surface area contributed by atoms with E-state index in [-0.39, 0.29) is 17.9 Å². The van der Waals surface area contributed by atoms with Gasteiger partial charge in [-0.15, -0.1) is 0 Å². The lowest BCUT2D eigenvalue weighted by Crippen LogP contribution is -2.50. The van der Waals surface area contributed by atoms with Crippen LogP contribution in [0.5, 0.6) is 0 Å². The summed E-state index contributed by atoms with van der Waals surface area (Å²) >= 11 is 0. The Hall–Kier alpha value is -1.10. The fraction of sp³-hybridized carbons (Fsp3) is 0.833. The number of hydrogen-bond acceptors (Lipinski definition) is 3. The van der Waals surface area contributed by atoms with Gasteiger partial charge in [0.2, 0.25) is 5.91 Å². The number of likely N-dealkylation sites (tertiary alicyclic amines) is 1. The van der Waals surface area contributed by atoms with Gasteiger partial charge in [-0.1, -0.05) is 0 Å². The molecule has 3 unspecified atom stereocenters. The Morgan fingerprint density at radius 3 is 2.71 bits per heavy atom. The zero-order valence-corrected chi connectivity index (χ0v) is 10.1. The van der Waals surface area contributed by atoms with Gasteiger partial charge in [-0.05, 0) is 32.6 Å². The van der Waals surface area contributed by atoms with Crippen LogP contribution in [0.1, 0.15) is 32.6 Å². The Kier molecular flexibility index (Phi) is 3.66. The molecule has 1 N–H and O–H groups in total. The Bertz CT molecular complexity index is 318. The lowest BCUT2D eigenvalue weighted by Gasteiger charge is -2.34. The van der Waals surface area contributed by atoms with Gasteiger partial charge in [0, 0.05) is 6.54 Å². The van der Waals surface area contributed by atoms with E-state index in [4.69, 9.17) is 9.84 Å². The first-order valence-corrected chi connectivity index (χ1v) is 6.24. The van der Waals surface area contributed by atoms with Crippen molar-refractivity contribution in [2.45, 2.75) is 44.8 Å². The molecule has 3 atom stereocenters. The number of carbonyl (C=O) groups excluding carboxylic acids is 1. The van der Waals surface area contributed by atoms with E-state index in [9.17, 15) is 9.59 Å². The first-order valence-electron chi connectivity index (χ1n) is 6.24. The Balaban J connectivity index is 2.03. The number of amides is 1. The fourth-order valence-corrected chi connectivity index (χ4v) is 2.68. The minimum atomic E-state index is -0.884. The second-order valence-corrected chi connectivity index (χ2v) is 4.96. The normalized spacial score (nSPS) is 33.7. The minimum Gasteiger partial charge on any atom is -0.480 e. The highest BCUT2D eigenvalue weighted by Gasteiger charge is 2.37. The number of carboxylic acid groups (broad SMARTS) is 1. The number of ether oxygens (including phenoxy) is 1. The van der Waals surface area contributed by atoms with E-state index < -0.39 is 12.0 Å². The fourth-order valence-electron chi connectivity index (χ4n) is 2.68. The van der Waals surface area contributed by atoms with Crippen molar-refractivity contribution in [3.8, 4) is 0 Å². The van der Waals surface area contributed by atoms with Crippen LogP contribution < -0.4 is 0 Å². The maximum atomic E-state index is 12.2. The monoisotopic (exact) mass is 241 g/mol. The van der Waals surface area contributed by atoms with Crippen molar-refractivity contribution in [1.29, 1.82) is 0 Å². The molecule has 2 aliphatic rings. The predicted molar refractivity (Wildman–Crippen MR) is 60.5 cm³/mol. The van der Waals surface area contributed by atoms with Crippen LogP contribution in [0.25, 0.3) is 0 Å². The van der Waals surface area contributed by atoms with Gasteiger partial charge >= 0.3 is 5.97 Å². The third-order valence-electron chi connectivity index (χ3n) is 3.62. The lowest BCUT2D eigenvalue weighted by molar-refractivity contribution is -0.153. The third-order valence-corrected chi connectivity index (χ3v) is 3.62. The van der Waals surface area contributed by atoms with Crippen LogP contribution in [0, 0.1) is 5.92 Å². The van der Waals surface area contributed by atoms with E-state index >= 15 is 0 Å². The molecule has 0 aromatic carbocycles. The maximum Gasteiger partial charge on any atom is 0.326 e. The highest BCUT2D eigenvalue weighted by molar-refractivity contribution is 5.85. The van der Waals surface area contributed by atoms with Crippen molar-refractivity contribution in [2.24, 2.45) is 5.92 Å². The van der Waals surface area contributed by atoms with Gasteiger partial charge in [0.05, 0.1) is 18.6 Å². The number of nitrogens with zero attached hydrogens (tertiary/aromatic N) is 1. The smallest absolute Gasteiger partial charge is 0.326 e. The van der Waals surface area contributed by atoms with Crippen LogP contribution in [0.3, 0.4) is 0 Å². The van der Waals surface area contributed by atoms with E-state index in [1.807, 2.05) is 6.92 Å². The average Bonchev–Trinajstić information content (AvgIpc) is 2.75. The molecule has 0 bridgehead atoms. The molecule has 5 heteroatoms. The molecule has 0 radical (unpaired) electrons. The molecule has 0 aliphatic carbocycles. The molecule has 2 rings (SSSR count). The van der Waals surface area contributed by atoms with Crippen molar-refractivity contribution in [1.82, 2.24) is 4.90 Å². The summed E-state index contributed by atoms with van der Waals surface area (Å²) in [6.07, 6.45) is 3.18. The Morgan fingerprint density at radius 1 is 1.35 bits per heavy atom. The summed E-state index contributed by atoms with van der Waals surface area (Å²) in [7, 11) is 0. The predicted octanol–water partition coefficient (Wildman–Crippen LogP) is 0.877. The summed E-state index contributed by atoms with van der Waals surface area (Å²) in [6.45, 7) is 2.95. The number of aliphatic carboxylic acids is 1. The summed E-state index contributed by atoms with van der Waals surface area (Å²) in [5, 5.41) is 9.13. The molecular formula is C12H19NO4. The molecule has 96 valence electrons. The number of hydrogen-bond donors (Lipinski definition) is 1. The Morgan fingerprint density at radius 2 is 2.12 bits per heavy atom. The SMILES string of the molecule is CC1CC(C(=O)N2CCCCC2C(=O)O)CO1. The molecule has 2 aliphatic heterocycles. The lowest BCUT2D eigenvalue weighted by atomic mass is 9.98. The van der Waals surface area contributed by atoms with Gasteiger partial charge in [-0.2, -0.15) is 0 Å². The first kappa shape index (κ1) is 12.4. The van der Waals surface area contributed by atoms with Gasteiger partial charge in [0.15, 0.2) is 0 Å². The van der Waals surface area contributed by atoms with Crippen molar-refractivity contribution >= 4 is 11.9 Å². The van der Waals surface area contributed by atoms with E-state index in [0.29, 0.717) is 26.0 Å². The summed E-state index contributed by atoms with van der Waals surface area (Å²) in [4.78, 5) is 24.9. The average molecular weight is 241 g/mol. The van der Waals surface area contributed by atoms with Crippen molar-refractivity contribution in [2.75, 3.05) is 13.2 Å². The van der Waals surface area contributed by atoms with Crippen LogP contribution in [0.15, 0.2) is 0 Å². The third kappa shape index (κ3) is 2.60. The highest BCUT2D eigenvalue weighted by Crippen LogP contribution is 2.25. The zero-order chi connectivity index (χ0) is 12.4. The second kappa shape index (κ2) is 5.04. The molecular weight excluding hydrogens is 222 g/mol. The number of carboxylic acids is 1. The van der Waals surface area contributed by atoms with Crippen LogP contribution in [-0.2, 0) is 14.3 Å². The van der Waals surface area contributed by atoms with E-state index in [2.05, 4.69) is 0 Å². The summed E-state index contributed by atoms with van der Waals surface area (Å²) in [5.41, 5.74) is 0. The summed E-state index contributed by atoms with van der Waals surface area (Å²) < 4.78 is 5.38. The molecule has 17 heavy (non-hydrogen) atoms. The standard InChI is InChI=1S/C12H19NO4/c1-8-6-9(7-17-8)11(14)13-5-3-2-4-10(13)12(15)16/h8-10H,2-7H2,1H3,(H,15,16). The molecule has 0 aromatic heterocycles. The maximum absolute atomic E-state index is 12.2. The molecule has 5 nitrogen and oxygen atoms in total. The number of carbonyl (C=O) groups is 2. The number of rotatable bonds is 2. The van der Waals surface area contributed by atoms with Crippen LogP contribution in [0.2, 0.25) is 0 Å². The Labute approximate surface area is 101 Å². The minimum absolute atomic E-state index is 0.0403. The van der Waals surface area contributed by atoms with Gasteiger partial charge in [0.25, 0.3) is 0 Å². The topological polar surface area (TPSA) is 66.8 Å². The summed E-state index contributed by atoms with van der Waals surface area (Å²) in [6, 6.07) is -0.632. The molecule has 0 saturated carbocycles. The summed E-state index contributed by atoms with van der Waals surface area (Å²) in [5.74, 6) is -1.07. The molecule has 0 spiro atoms. The van der Waals surface area contributed by atoms with Gasteiger partial charge in [0.1, 0.15) is 6.04 Å². The van der Waals surface area contributed by atoms with Crippen LogP contribution in [0.4, 0.5) is 0 Å². The first-order chi connectivity index (χ1) is 8.09. The molecule has 2 fully saturated rings. The van der Waals surface area contributed by atoms with E-state index in [1.165, 1.54) is 4.90 Å². The van der Waals surface area contributed by atoms with Crippen LogP contribution in [-0.4, -0.2) is 47.2 Å². The van der Waals surface area contributed by atoms with E-state index in [0.717, 1.165) is 12.8 Å². The van der Waals surface area contributed by atoms with Crippen molar-refractivity contribution in [3.63, 3.8) is 0 Å². The van der Waals surface area contributed by atoms with Gasteiger partial charge < -0.3 is 14.7 Å². The van der Waals surface area contributed by atoms with Crippen molar-refractivity contribution < 1.29 is 19.4 Å². The van der Waals surface area contributed by atoms with Crippen molar-refractivity contribution in [3.05, 3.63) is 0 Å². The molecule has 1 amide bonds. The van der Waals surface area contributed by atoms with Gasteiger partial charge in [-0.3, -0.25) is 4.79 Å². The molecule has 2 saturated heterocycles.